The molecule has 1 N–H and O–H groups in total. The normalized spacial score (nSPS) is 22.4. The molecule has 1 fully saturated rings. The van der Waals surface area contributed by atoms with Gasteiger partial charge in [-0.05, 0) is 69.7 Å². The lowest BCUT2D eigenvalue weighted by Gasteiger charge is -2.24. The van der Waals surface area contributed by atoms with Crippen LogP contribution >= 0.6 is 15.9 Å². The number of ether oxygens (including phenoxy) is 1. The van der Waals surface area contributed by atoms with Gasteiger partial charge in [0.15, 0.2) is 0 Å². The molecule has 0 spiro atoms. The Kier molecular flexibility index (Phi) is 6.27. The largest absolute Gasteiger partial charge is 0.372 e. The molecule has 0 aliphatic carbocycles. The fourth-order valence-corrected chi connectivity index (χ4v) is 3.35. The van der Waals surface area contributed by atoms with Crippen LogP contribution in [0.3, 0.4) is 0 Å². The molecular weight excluding hydrogens is 326 g/mol. The minimum absolute atomic E-state index is 0.0613. The van der Waals surface area contributed by atoms with Gasteiger partial charge in [-0.2, -0.15) is 0 Å². The number of benzene rings is 1. The first-order valence-corrected chi connectivity index (χ1v) is 8.93. The van der Waals surface area contributed by atoms with E-state index in [4.69, 9.17) is 4.74 Å². The van der Waals surface area contributed by atoms with Gasteiger partial charge in [0.2, 0.25) is 0 Å². The molecule has 0 radical (unpaired) electrons. The van der Waals surface area contributed by atoms with Crippen molar-refractivity contribution < 1.29 is 4.74 Å². The maximum atomic E-state index is 6.19. The maximum absolute atomic E-state index is 6.19. The first-order valence-electron chi connectivity index (χ1n) is 8.14. The van der Waals surface area contributed by atoms with E-state index in [9.17, 15) is 0 Å². The molecule has 118 valence electrons. The van der Waals surface area contributed by atoms with Crippen molar-refractivity contribution in [3.63, 3.8) is 0 Å². The molecule has 1 aromatic rings. The predicted molar refractivity (Wildman–Crippen MR) is 92.8 cm³/mol. The van der Waals surface area contributed by atoms with Crippen LogP contribution < -0.4 is 5.32 Å². The second-order valence-corrected chi connectivity index (χ2v) is 7.64. The van der Waals surface area contributed by atoms with Crippen LogP contribution in [0.2, 0.25) is 0 Å². The van der Waals surface area contributed by atoms with Crippen molar-refractivity contribution in [3.8, 4) is 0 Å². The van der Waals surface area contributed by atoms with Crippen molar-refractivity contribution in [3.05, 3.63) is 34.3 Å². The van der Waals surface area contributed by atoms with Crippen molar-refractivity contribution >= 4 is 15.9 Å². The molecule has 0 amide bonds. The topological polar surface area (TPSA) is 21.3 Å². The zero-order chi connectivity index (χ0) is 15.3. The summed E-state index contributed by atoms with van der Waals surface area (Å²) >= 11 is 3.52. The van der Waals surface area contributed by atoms with E-state index >= 15 is 0 Å². The van der Waals surface area contributed by atoms with Gasteiger partial charge in [-0.3, -0.25) is 0 Å². The summed E-state index contributed by atoms with van der Waals surface area (Å²) < 4.78 is 7.34. The van der Waals surface area contributed by atoms with Crippen molar-refractivity contribution in [2.24, 2.45) is 0 Å². The average molecular weight is 354 g/mol. The van der Waals surface area contributed by atoms with Gasteiger partial charge < -0.3 is 10.1 Å². The van der Waals surface area contributed by atoms with Gasteiger partial charge >= 0.3 is 0 Å². The highest BCUT2D eigenvalue weighted by atomic mass is 79.9. The van der Waals surface area contributed by atoms with Crippen LogP contribution in [-0.2, 0) is 4.74 Å². The second kappa shape index (κ2) is 7.75. The maximum Gasteiger partial charge on any atom is 0.0631 e. The molecule has 2 unspecified atom stereocenters. The van der Waals surface area contributed by atoms with Crippen molar-refractivity contribution in [1.29, 1.82) is 0 Å². The first-order chi connectivity index (χ1) is 10.00. The van der Waals surface area contributed by atoms with Gasteiger partial charge in [-0.1, -0.05) is 35.0 Å². The monoisotopic (exact) mass is 353 g/mol. The molecule has 1 aliphatic rings. The number of nitrogens with one attached hydrogen (secondary N) is 1. The Hall–Kier alpha value is -0.380. The van der Waals surface area contributed by atoms with Gasteiger partial charge in [0.25, 0.3) is 0 Å². The van der Waals surface area contributed by atoms with E-state index in [1.165, 1.54) is 24.8 Å². The third kappa shape index (κ3) is 5.39. The van der Waals surface area contributed by atoms with Gasteiger partial charge in [0.1, 0.15) is 0 Å². The summed E-state index contributed by atoms with van der Waals surface area (Å²) in [7, 11) is 0. The summed E-state index contributed by atoms with van der Waals surface area (Å²) in [5.74, 6) is 0.531. The van der Waals surface area contributed by atoms with E-state index in [1.807, 2.05) is 0 Å². The van der Waals surface area contributed by atoms with Crippen LogP contribution in [0.25, 0.3) is 0 Å². The minimum atomic E-state index is 0.0613. The Morgan fingerprint density at radius 3 is 2.62 bits per heavy atom. The van der Waals surface area contributed by atoms with Crippen LogP contribution in [0, 0.1) is 0 Å². The minimum Gasteiger partial charge on any atom is -0.372 e. The van der Waals surface area contributed by atoms with E-state index in [2.05, 4.69) is 66.3 Å². The van der Waals surface area contributed by atoms with Crippen LogP contribution in [0.15, 0.2) is 28.7 Å². The van der Waals surface area contributed by atoms with Gasteiger partial charge in [0, 0.05) is 11.0 Å². The Balaban J connectivity index is 2.00. The summed E-state index contributed by atoms with van der Waals surface area (Å²) in [6.45, 7) is 8.75. The summed E-state index contributed by atoms with van der Waals surface area (Å²) in [5, 5.41) is 3.58. The Morgan fingerprint density at radius 1 is 1.33 bits per heavy atom. The molecule has 0 bridgehead atoms. The number of hydrogen-bond donors (Lipinski definition) is 1. The van der Waals surface area contributed by atoms with Crippen LogP contribution in [-0.4, -0.2) is 24.8 Å². The number of rotatable bonds is 7. The second-order valence-electron chi connectivity index (χ2n) is 6.73. The van der Waals surface area contributed by atoms with Crippen LogP contribution in [0.5, 0.6) is 0 Å². The molecular formula is C18H28BrNO. The lowest BCUT2D eigenvalue weighted by atomic mass is 9.92. The van der Waals surface area contributed by atoms with Crippen LogP contribution in [0.4, 0.5) is 0 Å². The third-order valence-electron chi connectivity index (χ3n) is 4.26. The fourth-order valence-electron chi connectivity index (χ4n) is 3.09. The predicted octanol–water partition coefficient (Wildman–Crippen LogP) is 4.88. The molecule has 3 heteroatoms. The average Bonchev–Trinajstić information content (AvgIpc) is 2.78. The van der Waals surface area contributed by atoms with E-state index < -0.39 is 0 Å². The zero-order valence-electron chi connectivity index (χ0n) is 13.5. The molecule has 0 aromatic heterocycles. The highest BCUT2D eigenvalue weighted by molar-refractivity contribution is 9.10. The third-order valence-corrected chi connectivity index (χ3v) is 4.79. The summed E-state index contributed by atoms with van der Waals surface area (Å²) in [6.07, 6.45) is 5.06. The zero-order valence-corrected chi connectivity index (χ0v) is 15.1. The smallest absolute Gasteiger partial charge is 0.0631 e. The summed E-state index contributed by atoms with van der Waals surface area (Å²) in [4.78, 5) is 0. The summed E-state index contributed by atoms with van der Waals surface area (Å²) in [6, 6.07) is 8.76. The molecule has 1 aromatic carbocycles. The van der Waals surface area contributed by atoms with Crippen molar-refractivity contribution in [1.82, 2.24) is 5.32 Å². The fraction of sp³-hybridized carbons (Fsp3) is 0.667. The highest BCUT2D eigenvalue weighted by Gasteiger charge is 2.33. The molecule has 1 saturated heterocycles. The molecule has 1 aliphatic heterocycles. The highest BCUT2D eigenvalue weighted by Crippen LogP contribution is 2.35. The first kappa shape index (κ1) is 17.0. The van der Waals surface area contributed by atoms with E-state index in [1.54, 1.807) is 0 Å². The standard InChI is InChI=1S/C18H28BrNO/c1-4-11-20-13-15(14-5-7-16(19)8-6-14)12-17-9-10-18(2,3)21-17/h5-8,15,17,20H,4,9-13H2,1-3H3. The number of hydrogen-bond acceptors (Lipinski definition) is 2. The quantitative estimate of drug-likeness (QED) is 0.705. The van der Waals surface area contributed by atoms with Crippen molar-refractivity contribution in [2.75, 3.05) is 13.1 Å². The number of halogens is 1. The van der Waals surface area contributed by atoms with Gasteiger partial charge in [-0.25, -0.2) is 0 Å². The van der Waals surface area contributed by atoms with Crippen LogP contribution in [0.1, 0.15) is 57.9 Å². The van der Waals surface area contributed by atoms with E-state index in [0.717, 1.165) is 24.0 Å². The Bertz CT molecular complexity index is 429. The molecule has 0 saturated carbocycles. The van der Waals surface area contributed by atoms with E-state index in [0.29, 0.717) is 12.0 Å². The molecule has 2 rings (SSSR count). The SMILES string of the molecule is CCCNCC(CC1CCC(C)(C)O1)c1ccc(Br)cc1. The Morgan fingerprint density at radius 2 is 2.05 bits per heavy atom. The molecule has 2 nitrogen and oxygen atoms in total. The van der Waals surface area contributed by atoms with Crippen molar-refractivity contribution in [2.45, 2.75) is 64.1 Å². The molecule has 21 heavy (non-hydrogen) atoms. The van der Waals surface area contributed by atoms with Gasteiger partial charge in [-0.15, -0.1) is 0 Å². The molecule has 1 heterocycles. The lowest BCUT2D eigenvalue weighted by Crippen LogP contribution is -2.26. The van der Waals surface area contributed by atoms with E-state index in [-0.39, 0.29) is 5.60 Å². The summed E-state index contributed by atoms with van der Waals surface area (Å²) in [5.41, 5.74) is 1.47. The lowest BCUT2D eigenvalue weighted by molar-refractivity contribution is -0.0209. The Labute approximate surface area is 137 Å². The van der Waals surface area contributed by atoms with Gasteiger partial charge in [0.05, 0.1) is 11.7 Å². The molecule has 2 atom stereocenters.